The van der Waals surface area contributed by atoms with Crippen LogP contribution in [0, 0.1) is 5.92 Å². The number of allylic oxidation sites excluding steroid dienone is 2. The Morgan fingerprint density at radius 3 is 2.33 bits per heavy atom. The molecule has 0 amide bonds. The van der Waals surface area contributed by atoms with Crippen molar-refractivity contribution in [3.8, 4) is 11.5 Å². The number of epoxide rings is 1. The minimum atomic E-state index is 0.0793. The van der Waals surface area contributed by atoms with Gasteiger partial charge in [-0.15, -0.1) is 0 Å². The molecule has 4 atom stereocenters. The zero-order chi connectivity index (χ0) is 29.0. The van der Waals surface area contributed by atoms with Crippen LogP contribution in [0.2, 0.25) is 0 Å². The molecule has 2 N–H and O–H groups in total. The molecule has 7 heteroatoms. The summed E-state index contributed by atoms with van der Waals surface area (Å²) in [6, 6.07) is 17.0. The number of nitrogens with zero attached hydrogens (tertiary/aromatic N) is 2. The lowest BCUT2D eigenvalue weighted by molar-refractivity contribution is -0.188. The first-order valence-electron chi connectivity index (χ1n) is 16.6. The average Bonchev–Trinajstić information content (AvgIpc) is 3.87. The van der Waals surface area contributed by atoms with Crippen molar-refractivity contribution in [3.63, 3.8) is 0 Å². The summed E-state index contributed by atoms with van der Waals surface area (Å²) in [7, 11) is 0. The second-order valence-corrected chi connectivity index (χ2v) is 13.0. The zero-order valence-electron chi connectivity index (χ0n) is 25.3. The number of piperidine rings is 2. The summed E-state index contributed by atoms with van der Waals surface area (Å²) in [5, 5.41) is 15.2. The number of hydrogen-bond acceptors (Lipinski definition) is 7. The highest BCUT2D eigenvalue weighted by Crippen LogP contribution is 2.39. The van der Waals surface area contributed by atoms with Crippen molar-refractivity contribution in [2.75, 3.05) is 45.9 Å². The Kier molecular flexibility index (Phi) is 9.14. The van der Waals surface area contributed by atoms with E-state index in [0.717, 1.165) is 77.2 Å². The van der Waals surface area contributed by atoms with E-state index in [1.807, 2.05) is 12.1 Å². The minimum absolute atomic E-state index is 0.0793. The quantitative estimate of drug-likeness (QED) is 0.364. The Morgan fingerprint density at radius 1 is 0.884 bits per heavy atom. The number of hydroxylamine groups is 2. The molecule has 0 radical (unpaired) electrons. The van der Waals surface area contributed by atoms with Crippen LogP contribution in [0.15, 0.2) is 72.3 Å². The van der Waals surface area contributed by atoms with E-state index in [1.165, 1.54) is 29.5 Å². The largest absolute Gasteiger partial charge is 0.508 e. The Bertz CT molecular complexity index is 1250. The van der Waals surface area contributed by atoms with E-state index >= 15 is 0 Å². The molecule has 4 unspecified atom stereocenters. The molecule has 4 fully saturated rings. The van der Waals surface area contributed by atoms with Crippen molar-refractivity contribution in [1.29, 1.82) is 0 Å². The van der Waals surface area contributed by atoms with Crippen molar-refractivity contribution in [1.82, 2.24) is 15.3 Å². The maximum absolute atomic E-state index is 9.62. The van der Waals surface area contributed by atoms with Crippen molar-refractivity contribution in [2.24, 2.45) is 5.92 Å². The fraction of sp³-hybridized carbons (Fsp3) is 0.556. The van der Waals surface area contributed by atoms with Gasteiger partial charge in [0.15, 0.2) is 6.23 Å². The van der Waals surface area contributed by atoms with Crippen LogP contribution in [0.25, 0.3) is 0 Å². The average molecular weight is 586 g/mol. The summed E-state index contributed by atoms with van der Waals surface area (Å²) in [6.07, 6.45) is 15.1. The van der Waals surface area contributed by atoms with Crippen LogP contribution in [0.3, 0.4) is 0 Å². The molecule has 7 rings (SSSR count). The number of hydrogen-bond donors (Lipinski definition) is 2. The Balaban J connectivity index is 0.826. The van der Waals surface area contributed by atoms with Gasteiger partial charge in [-0.1, -0.05) is 42.5 Å². The molecule has 43 heavy (non-hydrogen) atoms. The van der Waals surface area contributed by atoms with Crippen LogP contribution in [0.5, 0.6) is 11.5 Å². The number of aromatic hydroxyl groups is 1. The molecule has 2 aromatic rings. The van der Waals surface area contributed by atoms with Crippen LogP contribution in [0.4, 0.5) is 0 Å². The minimum Gasteiger partial charge on any atom is -0.508 e. The van der Waals surface area contributed by atoms with Gasteiger partial charge in [-0.05, 0) is 123 Å². The van der Waals surface area contributed by atoms with Crippen molar-refractivity contribution in [3.05, 3.63) is 83.5 Å². The van der Waals surface area contributed by atoms with Crippen molar-refractivity contribution >= 4 is 0 Å². The van der Waals surface area contributed by atoms with E-state index in [9.17, 15) is 5.11 Å². The normalized spacial score (nSPS) is 29.1. The molecule has 0 bridgehead atoms. The maximum atomic E-state index is 9.62. The Morgan fingerprint density at radius 2 is 1.60 bits per heavy atom. The fourth-order valence-electron chi connectivity index (χ4n) is 7.55. The second kappa shape index (κ2) is 13.5. The number of phenolic OH excluding ortho intramolecular Hbond substituents is 1. The first-order chi connectivity index (χ1) is 21.2. The Labute approximate surface area is 256 Å². The summed E-state index contributed by atoms with van der Waals surface area (Å²) in [4.78, 5) is 8.88. The van der Waals surface area contributed by atoms with Gasteiger partial charge in [0.2, 0.25) is 0 Å². The van der Waals surface area contributed by atoms with Gasteiger partial charge >= 0.3 is 0 Å². The van der Waals surface area contributed by atoms with Crippen LogP contribution < -0.4 is 10.1 Å². The van der Waals surface area contributed by atoms with Gasteiger partial charge in [0.05, 0.1) is 13.2 Å². The SMILES string of the molecule is Oc1ccc(C2CCN(C3CCON(CC4C=CC(CCOc5ccc(C6CCNCC6)cc5)=CC4)C4OC34)CC2)cc1. The molecule has 0 aromatic heterocycles. The highest BCUT2D eigenvalue weighted by atomic mass is 16.8. The Hall–Kier alpha value is -2.68. The maximum Gasteiger partial charge on any atom is 0.161 e. The molecule has 4 aliphatic heterocycles. The lowest BCUT2D eigenvalue weighted by Crippen LogP contribution is -2.44. The summed E-state index contributed by atoms with van der Waals surface area (Å²) < 4.78 is 12.3. The first-order valence-corrected chi connectivity index (χ1v) is 16.6. The first kappa shape index (κ1) is 29.1. The number of nitrogens with one attached hydrogen (secondary N) is 1. The standard InChI is InChI=1S/C36H47N3O4/c40-32-9-5-28(6-10-32)31-15-21-38(22-16-31)34-18-24-42-39(36-35(34)43-36)25-27-3-1-26(2-4-27)17-23-41-33-11-7-29(8-12-33)30-13-19-37-20-14-30/h1-3,5-12,27,30-31,34-37,40H,4,13-25H2. The lowest BCUT2D eigenvalue weighted by atomic mass is 9.88. The van der Waals surface area contributed by atoms with Gasteiger partial charge < -0.3 is 19.9 Å². The third-order valence-electron chi connectivity index (χ3n) is 10.2. The molecular weight excluding hydrogens is 538 g/mol. The predicted octanol–water partition coefficient (Wildman–Crippen LogP) is 5.74. The molecule has 4 heterocycles. The summed E-state index contributed by atoms with van der Waals surface area (Å²) >= 11 is 0. The van der Waals surface area contributed by atoms with Gasteiger partial charge in [-0.2, -0.15) is 5.06 Å². The van der Waals surface area contributed by atoms with E-state index in [1.54, 1.807) is 0 Å². The number of likely N-dealkylation sites (tertiary alicyclic amines) is 1. The van der Waals surface area contributed by atoms with E-state index < -0.39 is 0 Å². The van der Waals surface area contributed by atoms with Gasteiger partial charge in [-0.3, -0.25) is 9.74 Å². The summed E-state index contributed by atoms with van der Waals surface area (Å²) in [5.74, 6) is 3.00. The highest BCUT2D eigenvalue weighted by Gasteiger charge is 2.53. The van der Waals surface area contributed by atoms with Gasteiger partial charge in [0.25, 0.3) is 0 Å². The van der Waals surface area contributed by atoms with Crippen LogP contribution in [-0.4, -0.2) is 79.4 Å². The highest BCUT2D eigenvalue weighted by molar-refractivity contribution is 5.31. The smallest absolute Gasteiger partial charge is 0.161 e. The molecule has 0 spiro atoms. The van der Waals surface area contributed by atoms with Gasteiger partial charge in [0.1, 0.15) is 17.6 Å². The van der Waals surface area contributed by atoms with Crippen LogP contribution in [0.1, 0.15) is 67.9 Å². The third-order valence-corrected chi connectivity index (χ3v) is 10.2. The van der Waals surface area contributed by atoms with E-state index in [-0.39, 0.29) is 12.3 Å². The number of phenols is 1. The fourth-order valence-corrected chi connectivity index (χ4v) is 7.55. The molecule has 1 aliphatic carbocycles. The molecule has 7 nitrogen and oxygen atoms in total. The number of benzene rings is 2. The summed E-state index contributed by atoms with van der Waals surface area (Å²) in [6.45, 7) is 6.76. The summed E-state index contributed by atoms with van der Waals surface area (Å²) in [5.41, 5.74) is 4.14. The zero-order valence-corrected chi connectivity index (χ0v) is 25.3. The molecule has 230 valence electrons. The monoisotopic (exact) mass is 585 g/mol. The topological polar surface area (TPSA) is 69.7 Å². The third kappa shape index (κ3) is 7.18. The molecule has 5 aliphatic rings. The van der Waals surface area contributed by atoms with Gasteiger partial charge in [-0.25, -0.2) is 0 Å². The number of fused-ring (bicyclic) bond motifs is 1. The second-order valence-electron chi connectivity index (χ2n) is 13.0. The predicted molar refractivity (Wildman–Crippen MR) is 168 cm³/mol. The number of ether oxygens (including phenoxy) is 2. The van der Waals surface area contributed by atoms with Crippen molar-refractivity contribution < 1.29 is 19.4 Å². The van der Waals surface area contributed by atoms with Crippen LogP contribution >= 0.6 is 0 Å². The molecule has 4 saturated heterocycles. The van der Waals surface area contributed by atoms with E-state index in [2.05, 4.69) is 69.9 Å². The van der Waals surface area contributed by atoms with E-state index in [4.69, 9.17) is 14.3 Å². The molecule has 0 saturated carbocycles. The molecule has 2 aromatic carbocycles. The van der Waals surface area contributed by atoms with Gasteiger partial charge in [0, 0.05) is 19.0 Å². The van der Waals surface area contributed by atoms with Crippen LogP contribution in [-0.2, 0) is 9.57 Å². The van der Waals surface area contributed by atoms with Crippen molar-refractivity contribution in [2.45, 2.75) is 75.2 Å². The van der Waals surface area contributed by atoms with E-state index in [0.29, 0.717) is 36.2 Å². The lowest BCUT2D eigenvalue weighted by Gasteiger charge is -2.37. The number of rotatable bonds is 9. The molecular formula is C36H47N3O4.